The van der Waals surface area contributed by atoms with Gasteiger partial charge in [-0.15, -0.1) is 0 Å². The molecule has 2 aromatic heterocycles. The minimum atomic E-state index is 0.440. The van der Waals surface area contributed by atoms with Crippen LogP contribution in [0.3, 0.4) is 0 Å². The van der Waals surface area contributed by atoms with Gasteiger partial charge < -0.3 is 0 Å². The zero-order valence-corrected chi connectivity index (χ0v) is 13.2. The van der Waals surface area contributed by atoms with Crippen LogP contribution in [0.1, 0.15) is 5.56 Å². The molecule has 0 bridgehead atoms. The Kier molecular flexibility index (Phi) is 4.03. The minimum Gasteiger partial charge on any atom is -0.265 e. The Morgan fingerprint density at radius 2 is 1.86 bits per heavy atom. The molecule has 0 spiro atoms. The van der Waals surface area contributed by atoms with E-state index in [9.17, 15) is 0 Å². The highest BCUT2D eigenvalue weighted by Gasteiger charge is 2.07. The molecule has 0 aliphatic rings. The van der Waals surface area contributed by atoms with Crippen molar-refractivity contribution < 1.29 is 0 Å². The topological polar surface area (TPSA) is 58.9 Å². The van der Waals surface area contributed by atoms with Crippen LogP contribution in [0.15, 0.2) is 58.4 Å². The van der Waals surface area contributed by atoms with Crippen LogP contribution in [-0.4, -0.2) is 26.1 Å². The molecule has 0 radical (unpaired) electrons. The Labute approximate surface area is 134 Å². The molecule has 0 fully saturated rings. The molecular weight excluding hydrogens is 350 g/mol. The summed E-state index contributed by atoms with van der Waals surface area (Å²) in [4.78, 5) is 3.99. The molecule has 0 aliphatic carbocycles. The third-order valence-corrected chi connectivity index (χ3v) is 3.57. The Balaban J connectivity index is 1.98. The first-order valence-corrected chi connectivity index (χ1v) is 7.32. The van der Waals surface area contributed by atoms with Crippen LogP contribution < -0.4 is 0 Å². The van der Waals surface area contributed by atoms with Gasteiger partial charge >= 0.3 is 0 Å². The number of hydrogen-bond acceptors (Lipinski definition) is 4. The van der Waals surface area contributed by atoms with Gasteiger partial charge in [0.05, 0.1) is 6.21 Å². The van der Waals surface area contributed by atoms with Gasteiger partial charge in [0.2, 0.25) is 4.77 Å². The summed E-state index contributed by atoms with van der Waals surface area (Å²) in [6, 6.07) is 11.6. The predicted molar refractivity (Wildman–Crippen MR) is 87.8 cm³/mol. The van der Waals surface area contributed by atoms with Crippen LogP contribution in [0.5, 0.6) is 0 Å². The largest absolute Gasteiger partial charge is 0.265 e. The van der Waals surface area contributed by atoms with Gasteiger partial charge in [-0.25, -0.2) is 5.10 Å². The highest BCUT2D eigenvalue weighted by Crippen LogP contribution is 2.16. The molecule has 3 aromatic rings. The van der Waals surface area contributed by atoms with E-state index in [2.05, 4.69) is 36.2 Å². The number of pyridine rings is 1. The molecule has 0 aliphatic heterocycles. The normalized spacial score (nSPS) is 11.1. The molecule has 1 N–H and O–H groups in total. The Bertz CT molecular complexity index is 821. The van der Waals surface area contributed by atoms with Crippen LogP contribution in [0.2, 0.25) is 0 Å². The first-order chi connectivity index (χ1) is 10.2. The minimum absolute atomic E-state index is 0.440. The fourth-order valence-corrected chi connectivity index (χ4v) is 2.20. The van der Waals surface area contributed by atoms with E-state index < -0.39 is 0 Å². The van der Waals surface area contributed by atoms with Crippen LogP contribution in [-0.2, 0) is 0 Å². The smallest absolute Gasteiger partial charge is 0.216 e. The number of aromatic amines is 1. The lowest BCUT2D eigenvalue weighted by molar-refractivity contribution is 0.871. The fourth-order valence-electron chi connectivity index (χ4n) is 1.76. The summed E-state index contributed by atoms with van der Waals surface area (Å²) in [6.07, 6.45) is 5.15. The van der Waals surface area contributed by atoms with Crippen LogP contribution >= 0.6 is 28.1 Å². The summed E-state index contributed by atoms with van der Waals surface area (Å²) in [5.41, 5.74) is 1.87. The van der Waals surface area contributed by atoms with Gasteiger partial charge in [0, 0.05) is 22.4 Å². The van der Waals surface area contributed by atoms with Gasteiger partial charge in [0.15, 0.2) is 5.82 Å². The number of nitrogens with zero attached hydrogens (tertiary/aromatic N) is 4. The molecule has 7 heteroatoms. The van der Waals surface area contributed by atoms with Crippen molar-refractivity contribution in [1.29, 1.82) is 0 Å². The molecule has 0 atom stereocenters. The summed E-state index contributed by atoms with van der Waals surface area (Å²) in [7, 11) is 0. The second-order valence-corrected chi connectivity index (χ2v) is 5.50. The number of benzene rings is 1. The third-order valence-electron chi connectivity index (χ3n) is 2.78. The molecule has 104 valence electrons. The predicted octanol–water partition coefficient (Wildman–Crippen LogP) is 3.65. The first-order valence-electron chi connectivity index (χ1n) is 6.12. The number of nitrogens with one attached hydrogen (secondary N) is 1. The Morgan fingerprint density at radius 1 is 1.14 bits per heavy atom. The van der Waals surface area contributed by atoms with Crippen molar-refractivity contribution in [2.45, 2.75) is 0 Å². The van der Waals surface area contributed by atoms with Crippen molar-refractivity contribution in [1.82, 2.24) is 19.9 Å². The van der Waals surface area contributed by atoms with Gasteiger partial charge in [-0.2, -0.15) is 14.9 Å². The molecule has 0 saturated carbocycles. The van der Waals surface area contributed by atoms with E-state index in [1.54, 1.807) is 23.3 Å². The van der Waals surface area contributed by atoms with Crippen molar-refractivity contribution in [3.63, 3.8) is 0 Å². The van der Waals surface area contributed by atoms with Crippen molar-refractivity contribution in [2.75, 3.05) is 0 Å². The van der Waals surface area contributed by atoms with E-state index in [4.69, 9.17) is 12.2 Å². The highest BCUT2D eigenvalue weighted by molar-refractivity contribution is 9.10. The lowest BCUT2D eigenvalue weighted by atomic mass is 10.2. The monoisotopic (exact) mass is 359 g/mol. The van der Waals surface area contributed by atoms with Crippen LogP contribution in [0.25, 0.3) is 11.4 Å². The number of halogens is 1. The van der Waals surface area contributed by atoms with E-state index >= 15 is 0 Å². The zero-order valence-electron chi connectivity index (χ0n) is 10.8. The average Bonchev–Trinajstić information content (AvgIpc) is 2.89. The maximum absolute atomic E-state index is 5.22. The number of aromatic nitrogens is 4. The van der Waals surface area contributed by atoms with E-state index in [0.717, 1.165) is 15.6 Å². The van der Waals surface area contributed by atoms with Crippen molar-refractivity contribution in [3.8, 4) is 11.4 Å². The van der Waals surface area contributed by atoms with Gasteiger partial charge in [-0.05, 0) is 42.0 Å². The third kappa shape index (κ3) is 3.14. The fraction of sp³-hybridized carbons (Fsp3) is 0. The standard InChI is InChI=1S/C14H10BrN5S/c15-12-3-1-10(2-4-12)9-17-20-13(18-19-14(20)21)11-5-7-16-8-6-11/h1-9H,(H,19,21)/b17-9-. The van der Waals surface area contributed by atoms with E-state index in [0.29, 0.717) is 10.6 Å². The van der Waals surface area contributed by atoms with Crippen LogP contribution in [0.4, 0.5) is 0 Å². The van der Waals surface area contributed by atoms with Gasteiger partial charge in [-0.1, -0.05) is 28.1 Å². The maximum Gasteiger partial charge on any atom is 0.216 e. The molecule has 3 rings (SSSR count). The van der Waals surface area contributed by atoms with E-state index in [1.165, 1.54) is 0 Å². The van der Waals surface area contributed by atoms with Crippen molar-refractivity contribution in [3.05, 3.63) is 63.6 Å². The van der Waals surface area contributed by atoms with Crippen molar-refractivity contribution >= 4 is 34.4 Å². The SMILES string of the molecule is S=c1[nH]nc(-c2ccncc2)n1/N=C\c1ccc(Br)cc1. The summed E-state index contributed by atoms with van der Waals surface area (Å²) >= 11 is 8.62. The van der Waals surface area contributed by atoms with Gasteiger partial charge in [-0.3, -0.25) is 4.98 Å². The zero-order chi connectivity index (χ0) is 14.7. The summed E-state index contributed by atoms with van der Waals surface area (Å²) in [5.74, 6) is 0.649. The Morgan fingerprint density at radius 3 is 2.57 bits per heavy atom. The molecular formula is C14H10BrN5S. The average molecular weight is 360 g/mol. The second kappa shape index (κ2) is 6.11. The lowest BCUT2D eigenvalue weighted by Crippen LogP contribution is -1.95. The Hall–Kier alpha value is -2.12. The molecule has 5 nitrogen and oxygen atoms in total. The number of H-pyrrole nitrogens is 1. The molecule has 2 heterocycles. The number of hydrogen-bond donors (Lipinski definition) is 1. The van der Waals surface area contributed by atoms with Gasteiger partial charge in [0.25, 0.3) is 0 Å². The molecule has 1 aromatic carbocycles. The summed E-state index contributed by atoms with van der Waals surface area (Å²) < 4.78 is 3.06. The highest BCUT2D eigenvalue weighted by atomic mass is 79.9. The van der Waals surface area contributed by atoms with Gasteiger partial charge in [0.1, 0.15) is 0 Å². The summed E-state index contributed by atoms with van der Waals surface area (Å²) in [5, 5.41) is 11.4. The van der Waals surface area contributed by atoms with Crippen LogP contribution in [0, 0.1) is 4.77 Å². The molecule has 0 unspecified atom stereocenters. The quantitative estimate of drug-likeness (QED) is 0.573. The van der Waals surface area contributed by atoms with Crippen molar-refractivity contribution in [2.24, 2.45) is 5.10 Å². The first kappa shape index (κ1) is 13.8. The lowest BCUT2D eigenvalue weighted by Gasteiger charge is -2.00. The second-order valence-electron chi connectivity index (χ2n) is 4.20. The summed E-state index contributed by atoms with van der Waals surface area (Å²) in [6.45, 7) is 0. The molecule has 21 heavy (non-hydrogen) atoms. The number of rotatable bonds is 3. The van der Waals surface area contributed by atoms with E-state index in [1.807, 2.05) is 36.4 Å². The molecule has 0 saturated heterocycles. The maximum atomic E-state index is 5.22. The van der Waals surface area contributed by atoms with E-state index in [-0.39, 0.29) is 0 Å². The molecule has 0 amide bonds.